The first-order chi connectivity index (χ1) is 12.7. The maximum Gasteiger partial charge on any atom is 0.291 e. The Morgan fingerprint density at radius 1 is 1.04 bits per heavy atom. The fourth-order valence-electron chi connectivity index (χ4n) is 2.42. The van der Waals surface area contributed by atoms with E-state index in [2.05, 4.69) is 15.5 Å². The van der Waals surface area contributed by atoms with Gasteiger partial charge >= 0.3 is 0 Å². The molecule has 1 amide bonds. The number of hydrogen-bond donors (Lipinski definition) is 1. The first-order valence-corrected chi connectivity index (χ1v) is 8.12. The number of aromatic nitrogens is 2. The molecule has 6 nitrogen and oxygen atoms in total. The number of rotatable bonds is 4. The third-order valence-electron chi connectivity index (χ3n) is 3.65. The number of amides is 1. The number of carbonyl (C=O) groups excluding carboxylic acids is 1. The summed E-state index contributed by atoms with van der Waals surface area (Å²) in [6, 6.07) is 17.6. The van der Waals surface area contributed by atoms with E-state index in [0.29, 0.717) is 33.6 Å². The molecule has 0 spiro atoms. The van der Waals surface area contributed by atoms with Gasteiger partial charge in [-0.25, -0.2) is 0 Å². The van der Waals surface area contributed by atoms with E-state index in [0.717, 1.165) is 0 Å². The Bertz CT molecular complexity index is 1060. The van der Waals surface area contributed by atoms with Crippen molar-refractivity contribution >= 4 is 23.2 Å². The number of carbonyl (C=O) groups is 1. The topological polar surface area (TPSA) is 81.2 Å². The van der Waals surface area contributed by atoms with Gasteiger partial charge in [-0.05, 0) is 42.5 Å². The predicted molar refractivity (Wildman–Crippen MR) is 96.8 cm³/mol. The first kappa shape index (κ1) is 16.1. The van der Waals surface area contributed by atoms with E-state index >= 15 is 0 Å². The maximum atomic E-state index is 12.1. The molecule has 128 valence electrons. The van der Waals surface area contributed by atoms with Crippen molar-refractivity contribution in [1.29, 1.82) is 0 Å². The molecule has 2 aromatic carbocycles. The van der Waals surface area contributed by atoms with Crippen molar-refractivity contribution in [2.24, 2.45) is 0 Å². The Morgan fingerprint density at radius 3 is 2.73 bits per heavy atom. The van der Waals surface area contributed by atoms with Gasteiger partial charge in [-0.2, -0.15) is 4.98 Å². The summed E-state index contributed by atoms with van der Waals surface area (Å²) in [5.41, 5.74) is 1.95. The molecule has 0 bridgehead atoms. The van der Waals surface area contributed by atoms with E-state index < -0.39 is 0 Å². The average molecular weight is 366 g/mol. The van der Waals surface area contributed by atoms with Gasteiger partial charge in [0.05, 0.1) is 11.3 Å². The van der Waals surface area contributed by atoms with E-state index in [9.17, 15) is 4.79 Å². The molecule has 2 heterocycles. The summed E-state index contributed by atoms with van der Waals surface area (Å²) in [5, 5.41) is 7.28. The van der Waals surface area contributed by atoms with Gasteiger partial charge in [0.1, 0.15) is 0 Å². The van der Waals surface area contributed by atoms with Crippen molar-refractivity contribution in [2.45, 2.75) is 0 Å². The third-order valence-corrected chi connectivity index (χ3v) is 3.98. The van der Waals surface area contributed by atoms with Gasteiger partial charge in [0, 0.05) is 16.8 Å². The number of halogens is 1. The molecule has 0 aliphatic carbocycles. The van der Waals surface area contributed by atoms with Crippen LogP contribution in [0, 0.1) is 0 Å². The standard InChI is InChI=1S/C19H12ClN3O3/c20-15-8-2-1-7-14(15)17-22-19(26-23-17)12-5-3-6-13(11-12)21-18(24)16-9-4-10-25-16/h1-11H,(H,21,24). The minimum absolute atomic E-state index is 0.231. The lowest BCUT2D eigenvalue weighted by molar-refractivity contribution is 0.0996. The Balaban J connectivity index is 1.59. The highest BCUT2D eigenvalue weighted by atomic mass is 35.5. The van der Waals surface area contributed by atoms with Crippen molar-refractivity contribution in [3.8, 4) is 22.8 Å². The Kier molecular flexibility index (Phi) is 4.25. The zero-order chi connectivity index (χ0) is 17.9. The molecule has 26 heavy (non-hydrogen) atoms. The lowest BCUT2D eigenvalue weighted by atomic mass is 10.2. The van der Waals surface area contributed by atoms with Gasteiger partial charge in [-0.15, -0.1) is 0 Å². The monoisotopic (exact) mass is 365 g/mol. The molecule has 0 unspecified atom stereocenters. The van der Waals surface area contributed by atoms with Gasteiger partial charge in [0.2, 0.25) is 5.82 Å². The van der Waals surface area contributed by atoms with Crippen LogP contribution in [0.1, 0.15) is 10.6 Å². The highest BCUT2D eigenvalue weighted by molar-refractivity contribution is 6.33. The number of furan rings is 1. The summed E-state index contributed by atoms with van der Waals surface area (Å²) < 4.78 is 10.4. The molecule has 4 rings (SSSR count). The fourth-order valence-corrected chi connectivity index (χ4v) is 2.64. The lowest BCUT2D eigenvalue weighted by Crippen LogP contribution is -2.10. The molecule has 0 aliphatic rings. The summed E-state index contributed by atoms with van der Waals surface area (Å²) in [6.07, 6.45) is 1.44. The summed E-state index contributed by atoms with van der Waals surface area (Å²) >= 11 is 6.17. The molecule has 7 heteroatoms. The van der Waals surface area contributed by atoms with E-state index in [-0.39, 0.29) is 11.7 Å². The van der Waals surface area contributed by atoms with E-state index in [1.54, 1.807) is 36.4 Å². The van der Waals surface area contributed by atoms with Gasteiger partial charge in [-0.3, -0.25) is 4.79 Å². The SMILES string of the molecule is O=C(Nc1cccc(-c2nc(-c3ccccc3Cl)no2)c1)c1ccco1. The van der Waals surface area contributed by atoms with Crippen LogP contribution in [0.2, 0.25) is 5.02 Å². The molecule has 2 aromatic heterocycles. The van der Waals surface area contributed by atoms with Crippen LogP contribution in [-0.2, 0) is 0 Å². The van der Waals surface area contributed by atoms with Gasteiger partial charge in [-0.1, -0.05) is 35.0 Å². The summed E-state index contributed by atoms with van der Waals surface area (Å²) in [7, 11) is 0. The first-order valence-electron chi connectivity index (χ1n) is 7.74. The van der Waals surface area contributed by atoms with Crippen molar-refractivity contribution in [3.63, 3.8) is 0 Å². The normalized spacial score (nSPS) is 10.7. The van der Waals surface area contributed by atoms with E-state index in [1.165, 1.54) is 6.26 Å². The summed E-state index contributed by atoms with van der Waals surface area (Å²) in [6.45, 7) is 0. The summed E-state index contributed by atoms with van der Waals surface area (Å²) in [5.74, 6) is 0.619. The molecule has 0 saturated heterocycles. The quantitative estimate of drug-likeness (QED) is 0.556. The third kappa shape index (κ3) is 3.22. The van der Waals surface area contributed by atoms with Crippen molar-refractivity contribution in [3.05, 3.63) is 77.7 Å². The van der Waals surface area contributed by atoms with Gasteiger partial charge < -0.3 is 14.3 Å². The number of hydrogen-bond acceptors (Lipinski definition) is 5. The number of nitrogens with one attached hydrogen (secondary N) is 1. The van der Waals surface area contributed by atoms with Crippen LogP contribution in [0.5, 0.6) is 0 Å². The zero-order valence-electron chi connectivity index (χ0n) is 13.3. The van der Waals surface area contributed by atoms with Crippen LogP contribution >= 0.6 is 11.6 Å². The molecular formula is C19H12ClN3O3. The van der Waals surface area contributed by atoms with Crippen molar-refractivity contribution < 1.29 is 13.7 Å². The van der Waals surface area contributed by atoms with Gasteiger partial charge in [0.25, 0.3) is 11.8 Å². The highest BCUT2D eigenvalue weighted by Crippen LogP contribution is 2.28. The smallest absolute Gasteiger partial charge is 0.291 e. The fraction of sp³-hybridized carbons (Fsp3) is 0. The van der Waals surface area contributed by atoms with E-state index in [1.807, 2.05) is 24.3 Å². The summed E-state index contributed by atoms with van der Waals surface area (Å²) in [4.78, 5) is 16.5. The van der Waals surface area contributed by atoms with Crippen LogP contribution in [0.25, 0.3) is 22.8 Å². The Hall–Kier alpha value is -3.38. The molecular weight excluding hydrogens is 354 g/mol. The van der Waals surface area contributed by atoms with Crippen LogP contribution < -0.4 is 5.32 Å². The molecule has 0 aliphatic heterocycles. The molecule has 0 saturated carbocycles. The van der Waals surface area contributed by atoms with Crippen LogP contribution in [0.15, 0.2) is 75.9 Å². The molecule has 0 fully saturated rings. The molecule has 1 N–H and O–H groups in total. The van der Waals surface area contributed by atoms with E-state index in [4.69, 9.17) is 20.5 Å². The van der Waals surface area contributed by atoms with Crippen LogP contribution in [0.4, 0.5) is 5.69 Å². The Labute approximate surface area is 153 Å². The Morgan fingerprint density at radius 2 is 1.92 bits per heavy atom. The lowest BCUT2D eigenvalue weighted by Gasteiger charge is -2.04. The largest absolute Gasteiger partial charge is 0.459 e. The second-order valence-electron chi connectivity index (χ2n) is 5.42. The highest BCUT2D eigenvalue weighted by Gasteiger charge is 2.14. The van der Waals surface area contributed by atoms with Crippen LogP contribution in [-0.4, -0.2) is 16.0 Å². The second kappa shape index (κ2) is 6.85. The molecule has 0 atom stereocenters. The van der Waals surface area contributed by atoms with Crippen molar-refractivity contribution in [2.75, 3.05) is 5.32 Å². The second-order valence-corrected chi connectivity index (χ2v) is 5.82. The van der Waals surface area contributed by atoms with Crippen LogP contribution in [0.3, 0.4) is 0 Å². The number of nitrogens with zero attached hydrogens (tertiary/aromatic N) is 2. The minimum atomic E-state index is -0.338. The average Bonchev–Trinajstić information content (AvgIpc) is 3.35. The molecule has 0 radical (unpaired) electrons. The number of benzene rings is 2. The van der Waals surface area contributed by atoms with Crippen molar-refractivity contribution in [1.82, 2.24) is 10.1 Å². The predicted octanol–water partition coefficient (Wildman–Crippen LogP) is 4.90. The zero-order valence-corrected chi connectivity index (χ0v) is 14.1. The molecule has 4 aromatic rings. The minimum Gasteiger partial charge on any atom is -0.459 e. The van der Waals surface area contributed by atoms with Gasteiger partial charge in [0.15, 0.2) is 5.76 Å². The maximum absolute atomic E-state index is 12.1. The number of anilines is 1.